The molecule has 1 heterocycles. The second-order valence-corrected chi connectivity index (χ2v) is 3.23. The van der Waals surface area contributed by atoms with Crippen molar-refractivity contribution in [2.24, 2.45) is 7.05 Å². The quantitative estimate of drug-likeness (QED) is 0.742. The van der Waals surface area contributed by atoms with Crippen LogP contribution in [0.3, 0.4) is 0 Å². The lowest BCUT2D eigenvalue weighted by molar-refractivity contribution is 0.122. The van der Waals surface area contributed by atoms with Crippen molar-refractivity contribution in [2.45, 2.75) is 19.9 Å². The van der Waals surface area contributed by atoms with E-state index in [1.165, 1.54) is 0 Å². The molecule has 0 saturated carbocycles. The fourth-order valence-electron chi connectivity index (χ4n) is 1.34. The standard InChI is InChI=1S/C10H19N3O/c1-4-11-10(7-14-5-2)9-6-13(3)8-12-9/h6,8,10-11H,4-5,7H2,1-3H3. The highest BCUT2D eigenvalue weighted by molar-refractivity contribution is 5.03. The Kier molecular flexibility index (Phi) is 4.62. The van der Waals surface area contributed by atoms with Gasteiger partial charge in [-0.3, -0.25) is 0 Å². The van der Waals surface area contributed by atoms with Gasteiger partial charge in [-0.2, -0.15) is 0 Å². The summed E-state index contributed by atoms with van der Waals surface area (Å²) in [5.41, 5.74) is 1.04. The van der Waals surface area contributed by atoms with Gasteiger partial charge < -0.3 is 14.6 Å². The van der Waals surface area contributed by atoms with Crippen LogP contribution in [-0.4, -0.2) is 29.3 Å². The lowest BCUT2D eigenvalue weighted by Crippen LogP contribution is -2.25. The smallest absolute Gasteiger partial charge is 0.0947 e. The highest BCUT2D eigenvalue weighted by Crippen LogP contribution is 2.09. The largest absolute Gasteiger partial charge is 0.380 e. The summed E-state index contributed by atoms with van der Waals surface area (Å²) < 4.78 is 7.35. The maximum absolute atomic E-state index is 5.40. The van der Waals surface area contributed by atoms with Gasteiger partial charge in [0.2, 0.25) is 0 Å². The molecule has 1 atom stereocenters. The summed E-state index contributed by atoms with van der Waals surface area (Å²) in [4.78, 5) is 4.31. The number of rotatable bonds is 6. The van der Waals surface area contributed by atoms with Crippen molar-refractivity contribution >= 4 is 0 Å². The summed E-state index contributed by atoms with van der Waals surface area (Å²) in [6.07, 6.45) is 3.83. The van der Waals surface area contributed by atoms with Crippen molar-refractivity contribution in [2.75, 3.05) is 19.8 Å². The summed E-state index contributed by atoms with van der Waals surface area (Å²) in [5, 5.41) is 3.35. The molecule has 0 fully saturated rings. The van der Waals surface area contributed by atoms with E-state index in [1.807, 2.05) is 31.1 Å². The van der Waals surface area contributed by atoms with Gasteiger partial charge in [0.05, 0.1) is 24.7 Å². The van der Waals surface area contributed by atoms with Crippen LogP contribution in [0.15, 0.2) is 12.5 Å². The SMILES string of the molecule is CCNC(COCC)c1cn(C)cn1. The van der Waals surface area contributed by atoms with Gasteiger partial charge in [0, 0.05) is 19.9 Å². The Bertz CT molecular complexity index is 260. The van der Waals surface area contributed by atoms with Gasteiger partial charge in [-0.1, -0.05) is 6.92 Å². The Labute approximate surface area is 85.3 Å². The number of imidazole rings is 1. The summed E-state index contributed by atoms with van der Waals surface area (Å²) >= 11 is 0. The third kappa shape index (κ3) is 3.12. The molecule has 0 aliphatic rings. The Morgan fingerprint density at radius 3 is 2.86 bits per heavy atom. The number of ether oxygens (including phenoxy) is 1. The second kappa shape index (κ2) is 5.78. The minimum atomic E-state index is 0.209. The molecule has 4 nitrogen and oxygen atoms in total. The fraction of sp³-hybridized carbons (Fsp3) is 0.700. The van der Waals surface area contributed by atoms with Crippen molar-refractivity contribution < 1.29 is 4.74 Å². The number of aromatic nitrogens is 2. The van der Waals surface area contributed by atoms with E-state index in [-0.39, 0.29) is 6.04 Å². The van der Waals surface area contributed by atoms with Crippen LogP contribution >= 0.6 is 0 Å². The number of hydrogen-bond acceptors (Lipinski definition) is 3. The van der Waals surface area contributed by atoms with E-state index >= 15 is 0 Å². The predicted molar refractivity (Wildman–Crippen MR) is 56.1 cm³/mol. The zero-order chi connectivity index (χ0) is 10.4. The average molecular weight is 197 g/mol. The number of likely N-dealkylation sites (N-methyl/N-ethyl adjacent to an activating group) is 1. The van der Waals surface area contributed by atoms with Crippen molar-refractivity contribution in [3.8, 4) is 0 Å². The Morgan fingerprint density at radius 1 is 1.57 bits per heavy atom. The normalized spacial score (nSPS) is 13.1. The molecule has 0 bridgehead atoms. The highest BCUT2D eigenvalue weighted by atomic mass is 16.5. The van der Waals surface area contributed by atoms with E-state index in [1.54, 1.807) is 0 Å². The van der Waals surface area contributed by atoms with Crippen LogP contribution in [0.1, 0.15) is 25.6 Å². The Hall–Kier alpha value is -0.870. The van der Waals surface area contributed by atoms with E-state index in [0.29, 0.717) is 6.61 Å². The molecular weight excluding hydrogens is 178 g/mol. The number of hydrogen-bond donors (Lipinski definition) is 1. The van der Waals surface area contributed by atoms with Crippen LogP contribution in [-0.2, 0) is 11.8 Å². The first kappa shape index (κ1) is 11.2. The molecule has 0 aromatic carbocycles. The average Bonchev–Trinajstić information content (AvgIpc) is 2.59. The maximum atomic E-state index is 5.40. The third-order valence-electron chi connectivity index (χ3n) is 2.02. The first-order chi connectivity index (χ1) is 6.77. The Balaban J connectivity index is 2.57. The molecule has 4 heteroatoms. The molecule has 1 aromatic heterocycles. The van der Waals surface area contributed by atoms with Gasteiger partial charge >= 0.3 is 0 Å². The summed E-state index contributed by atoms with van der Waals surface area (Å²) in [6, 6.07) is 0.209. The zero-order valence-electron chi connectivity index (χ0n) is 9.16. The van der Waals surface area contributed by atoms with E-state index in [4.69, 9.17) is 4.74 Å². The molecule has 1 N–H and O–H groups in total. The van der Waals surface area contributed by atoms with Crippen molar-refractivity contribution in [1.82, 2.24) is 14.9 Å². The molecule has 0 amide bonds. The Morgan fingerprint density at radius 2 is 2.36 bits per heavy atom. The van der Waals surface area contributed by atoms with Crippen LogP contribution < -0.4 is 5.32 Å². The molecule has 1 rings (SSSR count). The molecule has 14 heavy (non-hydrogen) atoms. The number of aryl methyl sites for hydroxylation is 1. The summed E-state index contributed by atoms with van der Waals surface area (Å²) in [6.45, 7) is 6.44. The van der Waals surface area contributed by atoms with E-state index in [2.05, 4.69) is 17.2 Å². The minimum absolute atomic E-state index is 0.209. The van der Waals surface area contributed by atoms with Crippen LogP contribution in [0.2, 0.25) is 0 Å². The lowest BCUT2D eigenvalue weighted by Gasteiger charge is -2.14. The van der Waals surface area contributed by atoms with Gasteiger partial charge in [-0.25, -0.2) is 4.98 Å². The van der Waals surface area contributed by atoms with Gasteiger partial charge in [-0.05, 0) is 13.5 Å². The highest BCUT2D eigenvalue weighted by Gasteiger charge is 2.12. The van der Waals surface area contributed by atoms with Crippen molar-refractivity contribution in [1.29, 1.82) is 0 Å². The predicted octanol–water partition coefficient (Wildman–Crippen LogP) is 1.11. The number of nitrogens with zero attached hydrogens (tertiary/aromatic N) is 2. The van der Waals surface area contributed by atoms with Crippen molar-refractivity contribution in [3.05, 3.63) is 18.2 Å². The molecule has 0 saturated heterocycles. The van der Waals surface area contributed by atoms with Crippen LogP contribution in [0.25, 0.3) is 0 Å². The lowest BCUT2D eigenvalue weighted by atomic mass is 10.2. The first-order valence-electron chi connectivity index (χ1n) is 5.06. The van der Waals surface area contributed by atoms with Gasteiger partial charge in [0.25, 0.3) is 0 Å². The monoisotopic (exact) mass is 197 g/mol. The van der Waals surface area contributed by atoms with Gasteiger partial charge in [0.1, 0.15) is 0 Å². The van der Waals surface area contributed by atoms with E-state index in [9.17, 15) is 0 Å². The number of nitrogens with one attached hydrogen (secondary N) is 1. The maximum Gasteiger partial charge on any atom is 0.0947 e. The van der Waals surface area contributed by atoms with Crippen LogP contribution in [0, 0.1) is 0 Å². The molecule has 80 valence electrons. The van der Waals surface area contributed by atoms with Gasteiger partial charge in [0.15, 0.2) is 0 Å². The van der Waals surface area contributed by atoms with Crippen LogP contribution in [0.4, 0.5) is 0 Å². The third-order valence-corrected chi connectivity index (χ3v) is 2.02. The molecule has 1 unspecified atom stereocenters. The molecule has 0 radical (unpaired) electrons. The molecule has 0 aliphatic heterocycles. The topological polar surface area (TPSA) is 39.1 Å². The van der Waals surface area contributed by atoms with E-state index in [0.717, 1.165) is 18.8 Å². The van der Waals surface area contributed by atoms with Crippen LogP contribution in [0.5, 0.6) is 0 Å². The molecular formula is C10H19N3O. The van der Waals surface area contributed by atoms with Gasteiger partial charge in [-0.15, -0.1) is 0 Å². The van der Waals surface area contributed by atoms with Crippen molar-refractivity contribution in [3.63, 3.8) is 0 Å². The first-order valence-corrected chi connectivity index (χ1v) is 5.06. The molecule has 1 aromatic rings. The van der Waals surface area contributed by atoms with E-state index < -0.39 is 0 Å². The fourth-order valence-corrected chi connectivity index (χ4v) is 1.34. The minimum Gasteiger partial charge on any atom is -0.380 e. The second-order valence-electron chi connectivity index (χ2n) is 3.23. The zero-order valence-corrected chi connectivity index (χ0v) is 9.16. The summed E-state index contributed by atoms with van der Waals surface area (Å²) in [5.74, 6) is 0. The molecule has 0 aliphatic carbocycles. The molecule has 0 spiro atoms. The summed E-state index contributed by atoms with van der Waals surface area (Å²) in [7, 11) is 1.97.